The van der Waals surface area contributed by atoms with Crippen molar-refractivity contribution in [1.29, 1.82) is 0 Å². The lowest BCUT2D eigenvalue weighted by Crippen LogP contribution is -2.29. The fraction of sp³-hybridized carbons (Fsp3) is 0.200. The van der Waals surface area contributed by atoms with E-state index in [1.165, 1.54) is 26.4 Å². The zero-order valence-corrected chi connectivity index (χ0v) is 21.4. The van der Waals surface area contributed by atoms with Crippen LogP contribution in [0.2, 0.25) is 10.0 Å². The molecule has 1 saturated heterocycles. The summed E-state index contributed by atoms with van der Waals surface area (Å²) in [6.45, 7) is 1.63. The Kier molecular flexibility index (Phi) is 7.26. The minimum atomic E-state index is -4.92. The number of furan rings is 1. The zero-order valence-electron chi connectivity index (χ0n) is 19.9. The molecule has 1 N–H and O–H groups in total. The van der Waals surface area contributed by atoms with Crippen LogP contribution in [0.4, 0.5) is 18.9 Å². The lowest BCUT2D eigenvalue weighted by Gasteiger charge is -2.24. The number of aliphatic hydroxyl groups is 1. The molecule has 1 atom stereocenters. The maximum atomic E-state index is 13.3. The van der Waals surface area contributed by atoms with Crippen molar-refractivity contribution in [3.05, 3.63) is 75.2 Å². The normalized spacial score (nSPS) is 17.2. The SMILES string of the molecule is COc1c(Cl)cc(/C(O)=C2\C(=O)C(=O)N(c3ccc(OC(F)(F)F)cc3)C2c2ccc(C)o2)c(OC)c1Cl. The molecule has 8 nitrogen and oxygen atoms in total. The van der Waals surface area contributed by atoms with Gasteiger partial charge in [-0.15, -0.1) is 13.2 Å². The minimum Gasteiger partial charge on any atom is -0.507 e. The molecule has 1 fully saturated rings. The maximum Gasteiger partial charge on any atom is 0.573 e. The second-order valence-electron chi connectivity index (χ2n) is 7.95. The number of halogens is 5. The summed E-state index contributed by atoms with van der Waals surface area (Å²) in [5.74, 6) is -2.86. The molecule has 1 aliphatic heterocycles. The van der Waals surface area contributed by atoms with Crippen LogP contribution in [0, 0.1) is 6.92 Å². The summed E-state index contributed by atoms with van der Waals surface area (Å²) >= 11 is 12.6. The first-order chi connectivity index (χ1) is 17.9. The van der Waals surface area contributed by atoms with E-state index in [0.29, 0.717) is 5.76 Å². The highest BCUT2D eigenvalue weighted by molar-refractivity contribution is 6.51. The number of alkyl halides is 3. The molecule has 0 aliphatic carbocycles. The maximum absolute atomic E-state index is 13.3. The summed E-state index contributed by atoms with van der Waals surface area (Å²) in [5, 5.41) is 11.3. The van der Waals surface area contributed by atoms with E-state index < -0.39 is 41.2 Å². The van der Waals surface area contributed by atoms with Gasteiger partial charge in [0.15, 0.2) is 11.5 Å². The molecule has 1 unspecified atom stereocenters. The van der Waals surface area contributed by atoms with E-state index in [2.05, 4.69) is 4.74 Å². The first kappa shape index (κ1) is 27.2. The van der Waals surface area contributed by atoms with Crippen LogP contribution in [0.15, 0.2) is 52.5 Å². The molecule has 1 aliphatic rings. The van der Waals surface area contributed by atoms with Crippen LogP contribution in [-0.2, 0) is 9.59 Å². The number of anilines is 1. The van der Waals surface area contributed by atoms with Crippen LogP contribution in [0.5, 0.6) is 17.2 Å². The van der Waals surface area contributed by atoms with E-state index in [1.54, 1.807) is 13.0 Å². The van der Waals surface area contributed by atoms with Crippen molar-refractivity contribution in [3.63, 3.8) is 0 Å². The summed E-state index contributed by atoms with van der Waals surface area (Å²) in [4.78, 5) is 27.5. The Morgan fingerprint density at radius 1 is 1.03 bits per heavy atom. The van der Waals surface area contributed by atoms with Gasteiger partial charge in [-0.1, -0.05) is 23.2 Å². The highest BCUT2D eigenvalue weighted by Crippen LogP contribution is 2.48. The molecular formula is C25H18Cl2F3NO7. The fourth-order valence-electron chi connectivity index (χ4n) is 4.07. The Bertz CT molecular complexity index is 1450. The Morgan fingerprint density at radius 3 is 2.18 bits per heavy atom. The number of Topliss-reactive ketones (excluding diaryl/α,β-unsaturated/α-hetero) is 1. The number of aliphatic hydroxyl groups excluding tert-OH is 1. The number of methoxy groups -OCH3 is 2. The number of carbonyl (C=O) groups is 2. The highest BCUT2D eigenvalue weighted by Gasteiger charge is 2.49. The van der Waals surface area contributed by atoms with E-state index in [1.807, 2.05) is 0 Å². The van der Waals surface area contributed by atoms with Gasteiger partial charge in [-0.25, -0.2) is 0 Å². The topological polar surface area (TPSA) is 98.4 Å². The van der Waals surface area contributed by atoms with E-state index in [-0.39, 0.29) is 38.6 Å². The molecule has 2 aromatic carbocycles. The number of benzene rings is 2. The summed E-state index contributed by atoms with van der Waals surface area (Å²) in [6.07, 6.45) is -4.92. The average molecular weight is 572 g/mol. The van der Waals surface area contributed by atoms with Crippen LogP contribution >= 0.6 is 23.2 Å². The highest BCUT2D eigenvalue weighted by atomic mass is 35.5. The van der Waals surface area contributed by atoms with Gasteiger partial charge in [0.1, 0.15) is 34.1 Å². The molecule has 3 aromatic rings. The van der Waals surface area contributed by atoms with E-state index in [9.17, 15) is 27.9 Å². The predicted octanol–water partition coefficient (Wildman–Crippen LogP) is 6.44. The average Bonchev–Trinajstić information content (AvgIpc) is 3.39. The molecule has 0 saturated carbocycles. The Balaban J connectivity index is 1.92. The fourth-order valence-corrected chi connectivity index (χ4v) is 4.76. The van der Waals surface area contributed by atoms with Gasteiger partial charge in [-0.2, -0.15) is 0 Å². The van der Waals surface area contributed by atoms with Crippen LogP contribution in [0.25, 0.3) is 5.76 Å². The second-order valence-corrected chi connectivity index (χ2v) is 8.73. The van der Waals surface area contributed by atoms with Gasteiger partial charge in [0, 0.05) is 5.69 Å². The number of hydrogen-bond donors (Lipinski definition) is 1. The summed E-state index contributed by atoms with van der Waals surface area (Å²) in [6, 6.07) is 7.32. The molecule has 0 spiro atoms. The number of hydrogen-bond acceptors (Lipinski definition) is 7. The molecular weight excluding hydrogens is 554 g/mol. The first-order valence-electron chi connectivity index (χ1n) is 10.7. The van der Waals surface area contributed by atoms with Crippen molar-refractivity contribution < 1.29 is 46.5 Å². The molecule has 1 aromatic heterocycles. The van der Waals surface area contributed by atoms with Gasteiger partial charge in [0.25, 0.3) is 11.7 Å². The molecule has 200 valence electrons. The summed E-state index contributed by atoms with van der Waals surface area (Å²) in [5.41, 5.74) is -0.462. The van der Waals surface area contributed by atoms with Gasteiger partial charge in [-0.05, 0) is 49.4 Å². The van der Waals surface area contributed by atoms with Gasteiger partial charge in [0.05, 0.1) is 30.4 Å². The molecule has 4 rings (SSSR count). The van der Waals surface area contributed by atoms with Crippen molar-refractivity contribution in [2.75, 3.05) is 19.1 Å². The number of rotatable bonds is 6. The Morgan fingerprint density at radius 2 is 1.66 bits per heavy atom. The van der Waals surface area contributed by atoms with Crippen molar-refractivity contribution >= 4 is 46.3 Å². The van der Waals surface area contributed by atoms with Crippen molar-refractivity contribution in [3.8, 4) is 17.2 Å². The molecule has 38 heavy (non-hydrogen) atoms. The smallest absolute Gasteiger partial charge is 0.507 e. The molecule has 0 radical (unpaired) electrons. The Labute approximate surface area is 223 Å². The number of ether oxygens (including phenoxy) is 3. The molecule has 1 amide bonds. The van der Waals surface area contributed by atoms with Crippen molar-refractivity contribution in [1.82, 2.24) is 0 Å². The molecule has 0 bridgehead atoms. The lowest BCUT2D eigenvalue weighted by atomic mass is 9.98. The largest absolute Gasteiger partial charge is 0.573 e. The van der Waals surface area contributed by atoms with E-state index in [0.717, 1.165) is 29.2 Å². The first-order valence-corrected chi connectivity index (χ1v) is 11.5. The third kappa shape index (κ3) is 4.86. The monoisotopic (exact) mass is 571 g/mol. The number of aryl methyl sites for hydroxylation is 1. The van der Waals surface area contributed by atoms with E-state index >= 15 is 0 Å². The van der Waals surface area contributed by atoms with Crippen LogP contribution in [0.3, 0.4) is 0 Å². The quantitative estimate of drug-likeness (QED) is 0.206. The Hall–Kier alpha value is -3.83. The third-order valence-corrected chi connectivity index (χ3v) is 6.24. The van der Waals surface area contributed by atoms with Gasteiger partial charge in [-0.3, -0.25) is 14.5 Å². The van der Waals surface area contributed by atoms with Gasteiger partial charge < -0.3 is 23.7 Å². The predicted molar refractivity (Wildman–Crippen MR) is 131 cm³/mol. The van der Waals surface area contributed by atoms with Crippen LogP contribution < -0.4 is 19.1 Å². The van der Waals surface area contributed by atoms with Crippen molar-refractivity contribution in [2.45, 2.75) is 19.3 Å². The third-order valence-electron chi connectivity index (χ3n) is 5.62. The standard InChI is InChI=1S/C25H18Cl2F3NO7/c1-11-4-9-16(37-11)19-17(20(32)14-10-15(26)23(36-3)18(27)22(14)35-2)21(33)24(34)31(19)12-5-7-13(8-6-12)38-25(28,29)30/h4-10,19,32H,1-3H3/b20-17+. The van der Waals surface area contributed by atoms with Gasteiger partial charge >= 0.3 is 6.36 Å². The van der Waals surface area contributed by atoms with E-state index in [4.69, 9.17) is 37.1 Å². The molecule has 13 heteroatoms. The zero-order chi connectivity index (χ0) is 27.9. The summed E-state index contributed by atoms with van der Waals surface area (Å²) < 4.78 is 57.8. The van der Waals surface area contributed by atoms with Crippen LogP contribution in [-0.4, -0.2) is 37.4 Å². The lowest BCUT2D eigenvalue weighted by molar-refractivity contribution is -0.274. The second kappa shape index (κ2) is 10.1. The van der Waals surface area contributed by atoms with Crippen LogP contribution in [0.1, 0.15) is 23.1 Å². The molecule has 2 heterocycles. The van der Waals surface area contributed by atoms with Crippen molar-refractivity contribution in [2.24, 2.45) is 0 Å². The minimum absolute atomic E-state index is 0.0141. The number of nitrogens with zero attached hydrogens (tertiary/aromatic N) is 1. The number of amides is 1. The van der Waals surface area contributed by atoms with Gasteiger partial charge in [0.2, 0.25) is 0 Å². The number of ketones is 1. The number of carbonyl (C=O) groups excluding carboxylic acids is 2. The summed E-state index contributed by atoms with van der Waals surface area (Å²) in [7, 11) is 2.59.